The highest BCUT2D eigenvalue weighted by Gasteiger charge is 2.67. The number of rotatable bonds is 1. The molecular formula is C21H17NO2. The standard InChI is InChI=1S/C21H17NO2/c23-20-18-13-8-9-14(16-10-15(13)16)19(18)21(24)22(20)17-7-3-5-11-4-1-2-6-12(11)17/h1-9,13-16,18-19H,10H2/t13-,14-,15-,16-,18+,19+/m0/s1. The summed E-state index contributed by atoms with van der Waals surface area (Å²) in [4.78, 5) is 27.9. The van der Waals surface area contributed by atoms with E-state index in [0.29, 0.717) is 11.8 Å². The third-order valence-corrected chi connectivity index (χ3v) is 6.67. The summed E-state index contributed by atoms with van der Waals surface area (Å²) in [7, 11) is 0. The van der Waals surface area contributed by atoms with Crippen LogP contribution in [0.5, 0.6) is 0 Å². The van der Waals surface area contributed by atoms with E-state index in [4.69, 9.17) is 0 Å². The van der Waals surface area contributed by atoms with Crippen LogP contribution in [0.2, 0.25) is 0 Å². The van der Waals surface area contributed by atoms with E-state index in [1.165, 1.54) is 11.3 Å². The Labute approximate surface area is 139 Å². The Balaban J connectivity index is 1.52. The Bertz CT molecular complexity index is 905. The lowest BCUT2D eigenvalue weighted by atomic mass is 9.63. The van der Waals surface area contributed by atoms with E-state index in [-0.39, 0.29) is 35.5 Å². The highest BCUT2D eigenvalue weighted by Crippen LogP contribution is 2.65. The average Bonchev–Trinajstić information content (AvgIpc) is 3.39. The van der Waals surface area contributed by atoms with E-state index >= 15 is 0 Å². The topological polar surface area (TPSA) is 37.4 Å². The maximum Gasteiger partial charge on any atom is 0.238 e. The van der Waals surface area contributed by atoms with Gasteiger partial charge in [0.05, 0.1) is 17.5 Å². The van der Waals surface area contributed by atoms with Crippen LogP contribution in [-0.2, 0) is 9.59 Å². The number of fused-ring (bicyclic) bond motifs is 1. The lowest BCUT2D eigenvalue weighted by Gasteiger charge is -2.37. The molecule has 3 heteroatoms. The van der Waals surface area contributed by atoms with Crippen molar-refractivity contribution in [2.75, 3.05) is 4.90 Å². The lowest BCUT2D eigenvalue weighted by molar-refractivity contribution is -0.124. The minimum Gasteiger partial charge on any atom is -0.274 e. The van der Waals surface area contributed by atoms with E-state index in [1.807, 2.05) is 42.5 Å². The number of anilines is 1. The van der Waals surface area contributed by atoms with Gasteiger partial charge in [0.1, 0.15) is 0 Å². The molecule has 2 aromatic rings. The van der Waals surface area contributed by atoms with Crippen molar-refractivity contribution >= 4 is 28.3 Å². The SMILES string of the molecule is O=C1[C@@H]2[C@H]3C=C[C@@H]([C@@H]4C[C@@H]34)[C@H]2C(=O)N1c1cccc2ccccc12. The molecule has 3 fully saturated rings. The number of benzene rings is 2. The molecule has 2 saturated carbocycles. The fourth-order valence-corrected chi connectivity index (χ4v) is 5.60. The minimum atomic E-state index is -0.129. The smallest absolute Gasteiger partial charge is 0.238 e. The van der Waals surface area contributed by atoms with Crippen molar-refractivity contribution in [3.63, 3.8) is 0 Å². The normalized spacial score (nSPS) is 38.6. The van der Waals surface area contributed by atoms with Crippen LogP contribution in [0.25, 0.3) is 10.8 Å². The van der Waals surface area contributed by atoms with Gasteiger partial charge in [0.2, 0.25) is 11.8 Å². The van der Waals surface area contributed by atoms with Gasteiger partial charge in [0.15, 0.2) is 0 Å². The van der Waals surface area contributed by atoms with Gasteiger partial charge in [-0.2, -0.15) is 0 Å². The quantitative estimate of drug-likeness (QED) is 0.597. The molecule has 7 rings (SSSR count). The van der Waals surface area contributed by atoms with E-state index in [2.05, 4.69) is 12.2 Å². The van der Waals surface area contributed by atoms with Gasteiger partial charge in [-0.05, 0) is 41.5 Å². The molecule has 0 radical (unpaired) electrons. The molecule has 3 nitrogen and oxygen atoms in total. The molecule has 1 heterocycles. The summed E-state index contributed by atoms with van der Waals surface area (Å²) in [6.45, 7) is 0. The van der Waals surface area contributed by atoms with Crippen LogP contribution in [0.4, 0.5) is 5.69 Å². The van der Waals surface area contributed by atoms with Gasteiger partial charge in [-0.1, -0.05) is 48.6 Å². The largest absolute Gasteiger partial charge is 0.274 e. The molecule has 1 saturated heterocycles. The number of allylic oxidation sites excluding steroid dienone is 2. The van der Waals surface area contributed by atoms with Gasteiger partial charge in [-0.15, -0.1) is 0 Å². The molecule has 2 amide bonds. The summed E-state index contributed by atoms with van der Waals surface area (Å²) >= 11 is 0. The van der Waals surface area contributed by atoms with Crippen molar-refractivity contribution in [1.29, 1.82) is 0 Å². The van der Waals surface area contributed by atoms with Gasteiger partial charge >= 0.3 is 0 Å². The van der Waals surface area contributed by atoms with Crippen LogP contribution in [0.1, 0.15) is 6.42 Å². The first-order valence-electron chi connectivity index (χ1n) is 8.79. The lowest BCUT2D eigenvalue weighted by Crippen LogP contribution is -2.40. The van der Waals surface area contributed by atoms with Gasteiger partial charge < -0.3 is 0 Å². The number of imide groups is 1. The van der Waals surface area contributed by atoms with Crippen LogP contribution in [0.15, 0.2) is 54.6 Å². The van der Waals surface area contributed by atoms with E-state index < -0.39 is 0 Å². The van der Waals surface area contributed by atoms with Crippen LogP contribution in [0, 0.1) is 35.5 Å². The first-order chi connectivity index (χ1) is 11.8. The van der Waals surface area contributed by atoms with Crippen molar-refractivity contribution in [2.24, 2.45) is 35.5 Å². The summed E-state index contributed by atoms with van der Waals surface area (Å²) in [5.41, 5.74) is 0.755. The maximum atomic E-state index is 13.2. The number of amides is 2. The van der Waals surface area contributed by atoms with Gasteiger partial charge in [-0.3, -0.25) is 9.59 Å². The summed E-state index contributed by atoms with van der Waals surface area (Å²) < 4.78 is 0. The molecule has 2 aromatic carbocycles. The fraction of sp³-hybridized carbons (Fsp3) is 0.333. The van der Waals surface area contributed by atoms with Gasteiger partial charge in [0.25, 0.3) is 0 Å². The summed E-state index contributed by atoms with van der Waals surface area (Å²) in [6, 6.07) is 13.8. The Morgan fingerprint density at radius 2 is 1.42 bits per heavy atom. The van der Waals surface area contributed by atoms with Crippen LogP contribution in [0.3, 0.4) is 0 Å². The molecule has 0 N–H and O–H groups in total. The molecule has 0 unspecified atom stereocenters. The number of hydrogen-bond acceptors (Lipinski definition) is 2. The number of carbonyl (C=O) groups is 2. The minimum absolute atomic E-state index is 0.0195. The monoisotopic (exact) mass is 315 g/mol. The van der Waals surface area contributed by atoms with E-state index in [0.717, 1.165) is 16.5 Å². The Hall–Kier alpha value is -2.42. The molecule has 0 spiro atoms. The van der Waals surface area contributed by atoms with Crippen molar-refractivity contribution in [3.8, 4) is 0 Å². The number of nitrogens with zero attached hydrogens (tertiary/aromatic N) is 1. The second-order valence-electron chi connectivity index (χ2n) is 7.66. The van der Waals surface area contributed by atoms with Crippen molar-refractivity contribution in [1.82, 2.24) is 0 Å². The molecule has 6 atom stereocenters. The fourth-order valence-electron chi connectivity index (χ4n) is 5.60. The number of carbonyl (C=O) groups excluding carboxylic acids is 2. The Kier molecular flexibility index (Phi) is 2.24. The van der Waals surface area contributed by atoms with Crippen molar-refractivity contribution in [2.45, 2.75) is 6.42 Å². The van der Waals surface area contributed by atoms with E-state index in [9.17, 15) is 9.59 Å². The molecule has 4 aliphatic carbocycles. The van der Waals surface area contributed by atoms with Crippen LogP contribution < -0.4 is 4.90 Å². The zero-order valence-electron chi connectivity index (χ0n) is 13.1. The molecular weight excluding hydrogens is 298 g/mol. The summed E-state index contributed by atoms with van der Waals surface area (Å²) in [5.74, 6) is 1.63. The molecule has 5 aliphatic rings. The average molecular weight is 315 g/mol. The van der Waals surface area contributed by atoms with Crippen molar-refractivity contribution in [3.05, 3.63) is 54.6 Å². The highest BCUT2D eigenvalue weighted by atomic mass is 16.2. The second kappa shape index (κ2) is 4.15. The van der Waals surface area contributed by atoms with Crippen LogP contribution >= 0.6 is 0 Å². The molecule has 0 aromatic heterocycles. The van der Waals surface area contributed by atoms with Gasteiger partial charge in [0, 0.05) is 5.39 Å². The zero-order chi connectivity index (χ0) is 16.0. The Morgan fingerprint density at radius 1 is 0.792 bits per heavy atom. The van der Waals surface area contributed by atoms with E-state index in [1.54, 1.807) is 0 Å². The predicted molar refractivity (Wildman–Crippen MR) is 91.1 cm³/mol. The first-order valence-corrected chi connectivity index (χ1v) is 8.79. The molecule has 118 valence electrons. The second-order valence-corrected chi connectivity index (χ2v) is 7.66. The molecule has 2 bridgehead atoms. The van der Waals surface area contributed by atoms with Crippen molar-refractivity contribution < 1.29 is 9.59 Å². The molecule has 24 heavy (non-hydrogen) atoms. The predicted octanol–water partition coefficient (Wildman–Crippen LogP) is 3.40. The van der Waals surface area contributed by atoms with Gasteiger partial charge in [-0.25, -0.2) is 4.90 Å². The zero-order valence-corrected chi connectivity index (χ0v) is 13.1. The molecule has 1 aliphatic heterocycles. The highest BCUT2D eigenvalue weighted by molar-refractivity contribution is 6.25. The first kappa shape index (κ1) is 12.9. The summed E-state index contributed by atoms with van der Waals surface area (Å²) in [5, 5.41) is 2.04. The van der Waals surface area contributed by atoms with Crippen LogP contribution in [-0.4, -0.2) is 11.8 Å². The third-order valence-electron chi connectivity index (χ3n) is 6.67. The maximum absolute atomic E-state index is 13.2. The summed E-state index contributed by atoms with van der Waals surface area (Å²) in [6.07, 6.45) is 5.64. The number of hydrogen-bond donors (Lipinski definition) is 0. The third kappa shape index (κ3) is 1.40. The Morgan fingerprint density at radius 3 is 2.12 bits per heavy atom.